The van der Waals surface area contributed by atoms with Crippen LogP contribution in [0.2, 0.25) is 0 Å². The van der Waals surface area contributed by atoms with Gasteiger partial charge in [0.2, 0.25) is 0 Å². The maximum atomic E-state index is 9.04. The number of para-hydroxylation sites is 1. The van der Waals surface area contributed by atoms with E-state index in [0.717, 1.165) is 11.3 Å². The van der Waals surface area contributed by atoms with Crippen molar-refractivity contribution in [1.82, 2.24) is 0 Å². The summed E-state index contributed by atoms with van der Waals surface area (Å²) >= 11 is 0. The van der Waals surface area contributed by atoms with Crippen molar-refractivity contribution in [3.8, 4) is 11.8 Å². The zero-order valence-corrected chi connectivity index (χ0v) is 10.3. The van der Waals surface area contributed by atoms with Crippen LogP contribution in [0.25, 0.3) is 10.4 Å². The number of nitrogens with zero attached hydrogens (tertiary/aromatic N) is 2. The third-order valence-corrected chi connectivity index (χ3v) is 2.73. The van der Waals surface area contributed by atoms with Crippen LogP contribution < -0.4 is 4.74 Å². The Morgan fingerprint density at radius 2 is 2.11 bits per heavy atom. The SMILES string of the molecule is [C-]#[N+]/C(C#N)=C1\C=C(C(C)C)Oc2ccccc21. The number of hydrogen-bond donors (Lipinski definition) is 0. The Balaban J connectivity index is 2.69. The number of rotatable bonds is 1. The van der Waals surface area contributed by atoms with Crippen LogP contribution in [0.5, 0.6) is 5.75 Å². The Labute approximate surface area is 106 Å². The van der Waals surface area contributed by atoms with Gasteiger partial charge >= 0.3 is 0 Å². The minimum atomic E-state index is 0.101. The maximum absolute atomic E-state index is 9.04. The van der Waals surface area contributed by atoms with Gasteiger partial charge in [0, 0.05) is 17.1 Å². The molecule has 0 unspecified atom stereocenters. The van der Waals surface area contributed by atoms with Gasteiger partial charge in [-0.25, -0.2) is 10.1 Å². The molecule has 0 spiro atoms. The number of nitriles is 1. The van der Waals surface area contributed by atoms with E-state index in [1.54, 1.807) is 6.08 Å². The highest BCUT2D eigenvalue weighted by Gasteiger charge is 2.20. The standard InChI is InChI=1S/C15H12N2O/c1-10(2)15-8-12(13(9-16)17-3)11-6-4-5-7-14(11)18-15/h4-8,10H,1-2H3/b13-12+. The zero-order valence-electron chi connectivity index (χ0n) is 10.3. The molecule has 0 radical (unpaired) electrons. The Morgan fingerprint density at radius 3 is 2.72 bits per heavy atom. The smallest absolute Gasteiger partial charge is 0.269 e. The van der Waals surface area contributed by atoms with Crippen LogP contribution in [0, 0.1) is 23.8 Å². The Bertz CT molecular complexity index is 609. The first-order valence-electron chi connectivity index (χ1n) is 5.68. The molecule has 0 bridgehead atoms. The highest BCUT2D eigenvalue weighted by atomic mass is 16.5. The van der Waals surface area contributed by atoms with Gasteiger partial charge in [-0.05, 0) is 12.1 Å². The predicted molar refractivity (Wildman–Crippen MR) is 69.1 cm³/mol. The molecular weight excluding hydrogens is 224 g/mol. The fourth-order valence-electron chi connectivity index (χ4n) is 1.78. The molecule has 0 N–H and O–H groups in total. The van der Waals surface area contributed by atoms with Crippen molar-refractivity contribution >= 4 is 5.57 Å². The topological polar surface area (TPSA) is 37.4 Å². The van der Waals surface area contributed by atoms with Crippen LogP contribution in [0.4, 0.5) is 0 Å². The van der Waals surface area contributed by atoms with Crippen molar-refractivity contribution in [3.63, 3.8) is 0 Å². The molecule has 0 fully saturated rings. The maximum Gasteiger partial charge on any atom is 0.269 e. The molecule has 0 saturated carbocycles. The monoisotopic (exact) mass is 236 g/mol. The molecule has 18 heavy (non-hydrogen) atoms. The summed E-state index contributed by atoms with van der Waals surface area (Å²) in [7, 11) is 0. The Kier molecular flexibility index (Phi) is 3.17. The molecule has 1 aliphatic rings. The molecule has 1 heterocycles. The number of fused-ring (bicyclic) bond motifs is 1. The van der Waals surface area contributed by atoms with Gasteiger partial charge in [0.25, 0.3) is 5.70 Å². The van der Waals surface area contributed by atoms with Gasteiger partial charge in [0.1, 0.15) is 11.5 Å². The molecule has 3 nitrogen and oxygen atoms in total. The van der Waals surface area contributed by atoms with Crippen LogP contribution in [0.3, 0.4) is 0 Å². The molecule has 0 saturated heterocycles. The van der Waals surface area contributed by atoms with Crippen molar-refractivity contribution in [2.75, 3.05) is 0 Å². The molecule has 3 heteroatoms. The Morgan fingerprint density at radius 1 is 1.39 bits per heavy atom. The molecule has 1 aliphatic heterocycles. The lowest BCUT2D eigenvalue weighted by Crippen LogP contribution is -2.09. The minimum absolute atomic E-state index is 0.101. The summed E-state index contributed by atoms with van der Waals surface area (Å²) in [5.74, 6) is 1.69. The summed E-state index contributed by atoms with van der Waals surface area (Å²) < 4.78 is 5.78. The van der Waals surface area contributed by atoms with Crippen LogP contribution in [0.1, 0.15) is 19.4 Å². The van der Waals surface area contributed by atoms with Gasteiger partial charge in [-0.3, -0.25) is 0 Å². The van der Waals surface area contributed by atoms with Crippen LogP contribution >= 0.6 is 0 Å². The summed E-state index contributed by atoms with van der Waals surface area (Å²) in [6.07, 6.45) is 1.80. The third-order valence-electron chi connectivity index (χ3n) is 2.73. The summed E-state index contributed by atoms with van der Waals surface area (Å²) in [6.45, 7) is 11.1. The average molecular weight is 236 g/mol. The molecule has 0 amide bonds. The number of allylic oxidation sites excluding steroid dienone is 4. The van der Waals surface area contributed by atoms with Crippen LogP contribution in [-0.4, -0.2) is 0 Å². The lowest BCUT2D eigenvalue weighted by Gasteiger charge is -2.22. The molecule has 0 aromatic heterocycles. The van der Waals surface area contributed by atoms with Gasteiger partial charge in [0.05, 0.1) is 12.6 Å². The second-order valence-corrected chi connectivity index (χ2v) is 4.29. The molecule has 1 aromatic carbocycles. The second kappa shape index (κ2) is 4.77. The molecule has 2 rings (SSSR count). The fourth-order valence-corrected chi connectivity index (χ4v) is 1.78. The van der Waals surface area contributed by atoms with Gasteiger partial charge in [-0.1, -0.05) is 32.0 Å². The largest absolute Gasteiger partial charge is 0.461 e. The second-order valence-electron chi connectivity index (χ2n) is 4.29. The van der Waals surface area contributed by atoms with E-state index in [4.69, 9.17) is 16.6 Å². The molecule has 0 aliphatic carbocycles. The van der Waals surface area contributed by atoms with E-state index in [0.29, 0.717) is 11.3 Å². The predicted octanol–water partition coefficient (Wildman–Crippen LogP) is 3.77. The van der Waals surface area contributed by atoms with Crippen LogP contribution in [0.15, 0.2) is 41.8 Å². The van der Waals surface area contributed by atoms with E-state index >= 15 is 0 Å². The minimum Gasteiger partial charge on any atom is -0.461 e. The summed E-state index contributed by atoms with van der Waals surface area (Å²) in [6, 6.07) is 9.41. The third kappa shape index (κ3) is 1.99. The highest BCUT2D eigenvalue weighted by Crippen LogP contribution is 2.37. The normalized spacial score (nSPS) is 15.9. The van der Waals surface area contributed by atoms with Crippen molar-refractivity contribution in [3.05, 3.63) is 58.8 Å². The highest BCUT2D eigenvalue weighted by molar-refractivity contribution is 5.85. The number of ether oxygens (including phenoxy) is 1. The van der Waals surface area contributed by atoms with E-state index in [9.17, 15) is 0 Å². The van der Waals surface area contributed by atoms with Crippen molar-refractivity contribution in [2.45, 2.75) is 13.8 Å². The Hall–Kier alpha value is -2.52. The summed E-state index contributed by atoms with van der Waals surface area (Å²) in [5.41, 5.74) is 1.55. The van der Waals surface area contributed by atoms with Gasteiger partial charge < -0.3 is 4.74 Å². The number of hydrogen-bond acceptors (Lipinski definition) is 2. The molecular formula is C15H12N2O. The quantitative estimate of drug-likeness (QED) is 0.549. The first-order chi connectivity index (χ1) is 8.67. The van der Waals surface area contributed by atoms with Crippen molar-refractivity contribution in [1.29, 1.82) is 5.26 Å². The number of benzene rings is 1. The summed E-state index contributed by atoms with van der Waals surface area (Å²) in [4.78, 5) is 3.29. The van der Waals surface area contributed by atoms with E-state index in [1.165, 1.54) is 0 Å². The fraction of sp³-hybridized carbons (Fsp3) is 0.200. The molecule has 1 aromatic rings. The molecule has 0 atom stereocenters. The zero-order chi connectivity index (χ0) is 13.1. The van der Waals surface area contributed by atoms with E-state index in [2.05, 4.69) is 4.85 Å². The van der Waals surface area contributed by atoms with Gasteiger partial charge in [-0.15, -0.1) is 0 Å². The van der Waals surface area contributed by atoms with Crippen molar-refractivity contribution in [2.24, 2.45) is 5.92 Å². The van der Waals surface area contributed by atoms with E-state index in [1.807, 2.05) is 44.2 Å². The van der Waals surface area contributed by atoms with Gasteiger partial charge in [0.15, 0.2) is 0 Å². The van der Waals surface area contributed by atoms with Crippen molar-refractivity contribution < 1.29 is 4.74 Å². The first kappa shape index (κ1) is 12.0. The molecule has 88 valence electrons. The van der Waals surface area contributed by atoms with E-state index < -0.39 is 0 Å². The lowest BCUT2D eigenvalue weighted by atomic mass is 9.97. The first-order valence-corrected chi connectivity index (χ1v) is 5.68. The lowest BCUT2D eigenvalue weighted by molar-refractivity contribution is 0.364. The van der Waals surface area contributed by atoms with Crippen LogP contribution in [-0.2, 0) is 0 Å². The summed E-state index contributed by atoms with van der Waals surface area (Å²) in [5, 5.41) is 9.04. The van der Waals surface area contributed by atoms with Gasteiger partial charge in [-0.2, -0.15) is 0 Å². The average Bonchev–Trinajstić information content (AvgIpc) is 2.39. The van der Waals surface area contributed by atoms with E-state index in [-0.39, 0.29) is 11.6 Å².